The maximum atomic E-state index is 11.8. The summed E-state index contributed by atoms with van der Waals surface area (Å²) in [7, 11) is 0. The first-order valence-electron chi connectivity index (χ1n) is 9.56. The van der Waals surface area contributed by atoms with Crippen LogP contribution in [0.2, 0.25) is 0 Å². The minimum Gasteiger partial charge on any atom is -0.478 e. The number of benzene rings is 1. The van der Waals surface area contributed by atoms with E-state index in [1.165, 1.54) is 17.7 Å². The number of aliphatic carboxylic acids is 1. The first kappa shape index (κ1) is 22.4. The van der Waals surface area contributed by atoms with Crippen molar-refractivity contribution >= 4 is 11.9 Å². The van der Waals surface area contributed by atoms with Crippen molar-refractivity contribution in [3.05, 3.63) is 47.9 Å². The van der Waals surface area contributed by atoms with Crippen LogP contribution < -0.4 is 5.32 Å². The lowest BCUT2D eigenvalue weighted by Gasteiger charge is -2.39. The summed E-state index contributed by atoms with van der Waals surface area (Å²) in [6.07, 6.45) is -1.85. The van der Waals surface area contributed by atoms with Crippen LogP contribution >= 0.6 is 0 Å². The number of ether oxygens (including phenoxy) is 1. The summed E-state index contributed by atoms with van der Waals surface area (Å²) in [5.41, 5.74) is 2.32. The van der Waals surface area contributed by atoms with Crippen molar-refractivity contribution in [3.63, 3.8) is 0 Å². The molecular formula is C20H24N4O7. The lowest BCUT2D eigenvalue weighted by atomic mass is 9.92. The van der Waals surface area contributed by atoms with E-state index in [9.17, 15) is 30.0 Å². The van der Waals surface area contributed by atoms with Crippen LogP contribution in [-0.4, -0.2) is 78.3 Å². The number of nitrogens with one attached hydrogen (secondary N) is 1. The quantitative estimate of drug-likeness (QED) is 0.383. The molecular weight excluding hydrogens is 408 g/mol. The van der Waals surface area contributed by atoms with Gasteiger partial charge in [-0.15, -0.1) is 5.10 Å². The predicted molar refractivity (Wildman–Crippen MR) is 107 cm³/mol. The number of rotatable bonds is 7. The van der Waals surface area contributed by atoms with Crippen molar-refractivity contribution in [2.75, 3.05) is 6.61 Å². The lowest BCUT2D eigenvalue weighted by molar-refractivity contribution is -0.147. The summed E-state index contributed by atoms with van der Waals surface area (Å²) in [5, 5.41) is 49.9. The Balaban J connectivity index is 2.06. The molecule has 31 heavy (non-hydrogen) atoms. The van der Waals surface area contributed by atoms with Gasteiger partial charge in [0.25, 0.3) is 0 Å². The van der Waals surface area contributed by atoms with Crippen molar-refractivity contribution in [1.29, 1.82) is 0 Å². The van der Waals surface area contributed by atoms with E-state index in [0.29, 0.717) is 5.69 Å². The van der Waals surface area contributed by atoms with Crippen LogP contribution in [0.4, 0.5) is 0 Å². The van der Waals surface area contributed by atoms with E-state index in [1.807, 2.05) is 31.2 Å². The van der Waals surface area contributed by atoms with Gasteiger partial charge in [0, 0.05) is 12.5 Å². The Kier molecular flexibility index (Phi) is 6.68. The molecule has 1 aromatic carbocycles. The first-order chi connectivity index (χ1) is 14.7. The molecule has 2 heterocycles. The fourth-order valence-corrected chi connectivity index (χ4v) is 3.49. The summed E-state index contributed by atoms with van der Waals surface area (Å²) in [6, 6.07) is 5.59. The molecule has 0 saturated carbocycles. The zero-order chi connectivity index (χ0) is 22.7. The van der Waals surface area contributed by atoms with Gasteiger partial charge in [0.1, 0.15) is 24.0 Å². The van der Waals surface area contributed by atoms with Gasteiger partial charge in [0.2, 0.25) is 11.7 Å². The van der Waals surface area contributed by atoms with Gasteiger partial charge in [-0.3, -0.25) is 4.79 Å². The third-order valence-corrected chi connectivity index (χ3v) is 5.04. The van der Waals surface area contributed by atoms with Crippen LogP contribution in [0.1, 0.15) is 18.5 Å². The molecule has 0 bridgehead atoms. The van der Waals surface area contributed by atoms with Crippen molar-refractivity contribution in [1.82, 2.24) is 20.3 Å². The number of aromatic nitrogens is 3. The summed E-state index contributed by atoms with van der Waals surface area (Å²) < 4.78 is 6.73. The summed E-state index contributed by atoms with van der Waals surface area (Å²) in [6.45, 7) is 2.37. The maximum Gasteiger partial charge on any atom is 0.370 e. The molecule has 2 aromatic rings. The van der Waals surface area contributed by atoms with Crippen molar-refractivity contribution < 1.29 is 34.8 Å². The van der Waals surface area contributed by atoms with Gasteiger partial charge in [-0.1, -0.05) is 29.5 Å². The largest absolute Gasteiger partial charge is 0.478 e. The average molecular weight is 432 g/mol. The first-order valence-corrected chi connectivity index (χ1v) is 9.56. The normalized spacial score (nSPS) is 22.7. The van der Waals surface area contributed by atoms with Crippen LogP contribution in [0.5, 0.6) is 0 Å². The molecule has 0 spiro atoms. The number of carboxylic acids is 1. The van der Waals surface area contributed by atoms with E-state index in [4.69, 9.17) is 4.74 Å². The lowest BCUT2D eigenvalue weighted by Crippen LogP contribution is -2.58. The van der Waals surface area contributed by atoms with Gasteiger partial charge < -0.3 is 30.5 Å². The van der Waals surface area contributed by atoms with E-state index < -0.39 is 54.6 Å². The maximum absolute atomic E-state index is 11.8. The molecule has 1 unspecified atom stereocenters. The monoisotopic (exact) mass is 432 g/mol. The van der Waals surface area contributed by atoms with E-state index in [-0.39, 0.29) is 0 Å². The predicted octanol–water partition coefficient (Wildman–Crippen LogP) is -0.619. The van der Waals surface area contributed by atoms with Gasteiger partial charge in [-0.25, -0.2) is 9.48 Å². The Labute approximate surface area is 177 Å². The molecule has 0 fully saturated rings. The fraction of sp³-hybridized carbons (Fsp3) is 0.400. The third kappa shape index (κ3) is 4.74. The second-order valence-corrected chi connectivity index (χ2v) is 7.27. The molecule has 5 N–H and O–H groups in total. The molecule has 1 aromatic heterocycles. The highest BCUT2D eigenvalue weighted by Gasteiger charge is 2.44. The van der Waals surface area contributed by atoms with Crippen molar-refractivity contribution in [2.45, 2.75) is 44.2 Å². The van der Waals surface area contributed by atoms with Gasteiger partial charge in [0.05, 0.1) is 24.9 Å². The topological polar surface area (TPSA) is 167 Å². The molecule has 11 nitrogen and oxygen atoms in total. The van der Waals surface area contributed by atoms with Crippen LogP contribution in [-0.2, 0) is 14.3 Å². The second kappa shape index (κ2) is 9.25. The molecule has 1 aliphatic rings. The number of carbonyl (C=O) groups is 2. The van der Waals surface area contributed by atoms with Crippen LogP contribution in [0.25, 0.3) is 11.3 Å². The molecule has 11 heteroatoms. The summed E-state index contributed by atoms with van der Waals surface area (Å²) >= 11 is 0. The standard InChI is InChI=1S/C20H24N4O7/c1-10-5-3-4-6-12(10)13-8-24(23-22-13)14-7-16(20(29)30)31-19(17(14)21-11(2)26)18(28)15(27)9-25/h3-8,14-15,17-19,25,27-28H,9H2,1-2H3,(H,21,26)(H,29,30)/t14-,15?,17+,18+,19+/m0/s1. The zero-order valence-electron chi connectivity index (χ0n) is 16.9. The van der Waals surface area contributed by atoms with Gasteiger partial charge in [0.15, 0.2) is 0 Å². The number of carbonyl (C=O) groups excluding carboxylic acids is 1. The Morgan fingerprint density at radius 3 is 2.61 bits per heavy atom. The Bertz CT molecular complexity index is 989. The minimum absolute atomic E-state index is 0.472. The zero-order valence-corrected chi connectivity index (χ0v) is 16.9. The SMILES string of the molecule is CC(=O)N[C@H]1[C@H]([C@H](O)C(O)CO)OC(C(=O)O)=C[C@@H]1n1cc(-c2ccccc2C)nn1. The Morgan fingerprint density at radius 1 is 1.29 bits per heavy atom. The smallest absolute Gasteiger partial charge is 0.370 e. The summed E-state index contributed by atoms with van der Waals surface area (Å²) in [4.78, 5) is 23.5. The average Bonchev–Trinajstić information content (AvgIpc) is 3.22. The molecule has 166 valence electrons. The van der Waals surface area contributed by atoms with Crippen LogP contribution in [0, 0.1) is 6.92 Å². The second-order valence-electron chi connectivity index (χ2n) is 7.27. The Hall–Kier alpha value is -3.28. The van der Waals surface area contributed by atoms with E-state index in [1.54, 1.807) is 6.20 Å². The molecule has 1 aliphatic heterocycles. The highest BCUT2D eigenvalue weighted by Crippen LogP contribution is 2.31. The van der Waals surface area contributed by atoms with E-state index in [2.05, 4.69) is 15.6 Å². The molecule has 1 amide bonds. The van der Waals surface area contributed by atoms with E-state index in [0.717, 1.165) is 11.1 Å². The number of aliphatic hydroxyl groups excluding tert-OH is 3. The van der Waals surface area contributed by atoms with Crippen molar-refractivity contribution in [2.24, 2.45) is 0 Å². The van der Waals surface area contributed by atoms with Gasteiger partial charge in [-0.2, -0.15) is 0 Å². The number of aliphatic hydroxyl groups is 3. The van der Waals surface area contributed by atoms with Crippen molar-refractivity contribution in [3.8, 4) is 11.3 Å². The number of amides is 1. The Morgan fingerprint density at radius 2 is 2.00 bits per heavy atom. The number of carboxylic acid groups (broad SMARTS) is 1. The number of nitrogens with zero attached hydrogens (tertiary/aromatic N) is 3. The highest BCUT2D eigenvalue weighted by atomic mass is 16.5. The molecule has 3 rings (SSSR count). The number of hydrogen-bond donors (Lipinski definition) is 5. The third-order valence-electron chi connectivity index (χ3n) is 5.04. The molecule has 5 atom stereocenters. The number of aryl methyl sites for hydroxylation is 1. The highest BCUT2D eigenvalue weighted by molar-refractivity contribution is 5.84. The summed E-state index contributed by atoms with van der Waals surface area (Å²) in [5.74, 6) is -2.37. The van der Waals surface area contributed by atoms with Crippen LogP contribution in [0.15, 0.2) is 42.3 Å². The molecule has 0 aliphatic carbocycles. The van der Waals surface area contributed by atoms with Gasteiger partial charge >= 0.3 is 5.97 Å². The van der Waals surface area contributed by atoms with E-state index >= 15 is 0 Å². The number of hydrogen-bond acceptors (Lipinski definition) is 8. The molecule has 0 saturated heterocycles. The van der Waals surface area contributed by atoms with Crippen LogP contribution in [0.3, 0.4) is 0 Å². The van der Waals surface area contributed by atoms with Gasteiger partial charge in [-0.05, 0) is 18.6 Å². The molecule has 0 radical (unpaired) electrons. The minimum atomic E-state index is -1.69. The fourth-order valence-electron chi connectivity index (χ4n) is 3.49.